The number of hydrogen-bond donors (Lipinski definition) is 0. The molecule has 2 fully saturated rings. The van der Waals surface area contributed by atoms with Gasteiger partial charge in [0.2, 0.25) is 0 Å². The molecule has 2 saturated heterocycles. The van der Waals surface area contributed by atoms with Gasteiger partial charge >= 0.3 is 0 Å². The van der Waals surface area contributed by atoms with Crippen LogP contribution in [0.1, 0.15) is 46.3 Å². The summed E-state index contributed by atoms with van der Waals surface area (Å²) in [4.78, 5) is 39.9. The summed E-state index contributed by atoms with van der Waals surface area (Å²) in [6.07, 6.45) is 2.43. The van der Waals surface area contributed by atoms with E-state index in [1.165, 1.54) is 19.8 Å². The van der Waals surface area contributed by atoms with Crippen molar-refractivity contribution in [2.75, 3.05) is 49.1 Å². The Kier molecular flexibility index (Phi) is 5.47. The zero-order valence-corrected chi connectivity index (χ0v) is 17.1. The van der Waals surface area contributed by atoms with Gasteiger partial charge < -0.3 is 14.7 Å². The molecule has 0 N–H and O–H groups in total. The number of hydrogen-bond acceptors (Lipinski definition) is 6. The number of carbonyl (C=O) groups is 2. The van der Waals surface area contributed by atoms with Gasteiger partial charge in [-0.25, -0.2) is 9.97 Å². The van der Waals surface area contributed by atoms with Crippen LogP contribution in [-0.4, -0.2) is 65.8 Å². The zero-order chi connectivity index (χ0) is 20.4. The third-order valence-electron chi connectivity index (χ3n) is 5.67. The third kappa shape index (κ3) is 4.23. The monoisotopic (exact) mass is 393 g/mol. The molecule has 29 heavy (non-hydrogen) atoms. The predicted molar refractivity (Wildman–Crippen MR) is 113 cm³/mol. The van der Waals surface area contributed by atoms with E-state index in [4.69, 9.17) is 0 Å². The lowest BCUT2D eigenvalue weighted by Crippen LogP contribution is -2.49. The average molecular weight is 393 g/mol. The van der Waals surface area contributed by atoms with Gasteiger partial charge in [0, 0.05) is 56.5 Å². The van der Waals surface area contributed by atoms with E-state index < -0.39 is 0 Å². The molecule has 0 atom stereocenters. The minimum absolute atomic E-state index is 0.00561. The maximum absolute atomic E-state index is 12.8. The SMILES string of the molecule is CC(=O)c1ccc(C(=O)N2CCN(c3cc(N4CCCC4)nc(C)n3)CC2)cc1. The number of aryl methyl sites for hydroxylation is 1. The molecule has 0 spiro atoms. The molecular weight excluding hydrogens is 366 g/mol. The number of anilines is 2. The fourth-order valence-electron chi connectivity index (χ4n) is 3.98. The summed E-state index contributed by atoms with van der Waals surface area (Å²) >= 11 is 0. The highest BCUT2D eigenvalue weighted by Gasteiger charge is 2.24. The molecule has 0 saturated carbocycles. The summed E-state index contributed by atoms with van der Waals surface area (Å²) < 4.78 is 0. The molecule has 0 radical (unpaired) electrons. The minimum Gasteiger partial charge on any atom is -0.356 e. The maximum Gasteiger partial charge on any atom is 0.253 e. The highest BCUT2D eigenvalue weighted by molar-refractivity contribution is 5.97. The second-order valence-electron chi connectivity index (χ2n) is 7.74. The van der Waals surface area contributed by atoms with Crippen LogP contribution >= 0.6 is 0 Å². The van der Waals surface area contributed by atoms with Crippen LogP contribution in [0.3, 0.4) is 0 Å². The molecular formula is C22H27N5O2. The number of amides is 1. The van der Waals surface area contributed by atoms with Gasteiger partial charge in [-0.05, 0) is 38.8 Å². The number of Topliss-reactive ketones (excluding diaryl/α,β-unsaturated/α-hetero) is 1. The van der Waals surface area contributed by atoms with Crippen molar-refractivity contribution in [2.45, 2.75) is 26.7 Å². The van der Waals surface area contributed by atoms with Crippen LogP contribution in [0.2, 0.25) is 0 Å². The van der Waals surface area contributed by atoms with Gasteiger partial charge in [0.1, 0.15) is 17.5 Å². The molecule has 3 heterocycles. The topological polar surface area (TPSA) is 69.6 Å². The Bertz CT molecular complexity index is 898. The smallest absolute Gasteiger partial charge is 0.253 e. The molecule has 0 aliphatic carbocycles. The van der Waals surface area contributed by atoms with Crippen LogP contribution in [0.15, 0.2) is 30.3 Å². The van der Waals surface area contributed by atoms with Crippen molar-refractivity contribution in [1.29, 1.82) is 0 Å². The Hall–Kier alpha value is -2.96. The van der Waals surface area contributed by atoms with E-state index in [0.717, 1.165) is 43.6 Å². The molecule has 1 aromatic heterocycles. The second-order valence-corrected chi connectivity index (χ2v) is 7.74. The largest absolute Gasteiger partial charge is 0.356 e. The molecule has 7 nitrogen and oxygen atoms in total. The standard InChI is InChI=1S/C22H27N5O2/c1-16(28)18-5-7-19(8-6-18)22(29)27-13-11-26(12-14-27)21-15-20(23-17(2)24-21)25-9-3-4-10-25/h5-8,15H,3-4,9-14H2,1-2H3. The molecule has 1 amide bonds. The Labute approximate surface area is 171 Å². The molecule has 2 aliphatic heterocycles. The predicted octanol–water partition coefficient (Wildman–Crippen LogP) is 2.55. The Morgan fingerprint density at radius 1 is 0.793 bits per heavy atom. The summed E-state index contributed by atoms with van der Waals surface area (Å²) in [5.41, 5.74) is 1.25. The van der Waals surface area contributed by atoms with E-state index >= 15 is 0 Å². The van der Waals surface area contributed by atoms with Gasteiger partial charge in [-0.1, -0.05) is 12.1 Å². The lowest BCUT2D eigenvalue weighted by atomic mass is 10.1. The van der Waals surface area contributed by atoms with Crippen LogP contribution in [0.5, 0.6) is 0 Å². The van der Waals surface area contributed by atoms with Gasteiger partial charge in [-0.3, -0.25) is 9.59 Å². The molecule has 1 aromatic carbocycles. The highest BCUT2D eigenvalue weighted by atomic mass is 16.2. The fraction of sp³-hybridized carbons (Fsp3) is 0.455. The quantitative estimate of drug-likeness (QED) is 0.744. The molecule has 0 unspecified atom stereocenters. The van der Waals surface area contributed by atoms with Crippen molar-refractivity contribution in [3.63, 3.8) is 0 Å². The number of nitrogens with zero attached hydrogens (tertiary/aromatic N) is 5. The van der Waals surface area contributed by atoms with Crippen molar-refractivity contribution in [1.82, 2.24) is 14.9 Å². The van der Waals surface area contributed by atoms with Gasteiger partial charge in [-0.15, -0.1) is 0 Å². The van der Waals surface area contributed by atoms with Crippen molar-refractivity contribution in [2.24, 2.45) is 0 Å². The van der Waals surface area contributed by atoms with Crippen LogP contribution in [-0.2, 0) is 0 Å². The van der Waals surface area contributed by atoms with Crippen LogP contribution in [0.4, 0.5) is 11.6 Å². The number of benzene rings is 1. The molecule has 4 rings (SSSR count). The summed E-state index contributed by atoms with van der Waals surface area (Å²) in [5, 5.41) is 0. The Balaban J connectivity index is 1.41. The second kappa shape index (κ2) is 8.19. The van der Waals surface area contributed by atoms with E-state index in [9.17, 15) is 9.59 Å². The first-order chi connectivity index (χ1) is 14.0. The first-order valence-electron chi connectivity index (χ1n) is 10.3. The molecule has 0 bridgehead atoms. The van der Waals surface area contributed by atoms with E-state index in [0.29, 0.717) is 24.2 Å². The zero-order valence-electron chi connectivity index (χ0n) is 17.1. The van der Waals surface area contributed by atoms with Crippen molar-refractivity contribution < 1.29 is 9.59 Å². The molecule has 2 aromatic rings. The van der Waals surface area contributed by atoms with Gasteiger partial charge in [0.25, 0.3) is 5.91 Å². The summed E-state index contributed by atoms with van der Waals surface area (Å²) in [6.45, 7) is 8.36. The third-order valence-corrected chi connectivity index (χ3v) is 5.67. The highest BCUT2D eigenvalue weighted by Crippen LogP contribution is 2.23. The van der Waals surface area contributed by atoms with Crippen LogP contribution < -0.4 is 9.80 Å². The van der Waals surface area contributed by atoms with Crippen molar-refractivity contribution in [3.05, 3.63) is 47.3 Å². The number of ketones is 1. The van der Waals surface area contributed by atoms with Crippen LogP contribution in [0, 0.1) is 6.92 Å². The lowest BCUT2D eigenvalue weighted by molar-refractivity contribution is 0.0746. The van der Waals surface area contributed by atoms with E-state index in [1.807, 2.05) is 11.8 Å². The Morgan fingerprint density at radius 3 is 1.86 bits per heavy atom. The van der Waals surface area contributed by atoms with E-state index in [2.05, 4.69) is 25.8 Å². The van der Waals surface area contributed by atoms with Gasteiger partial charge in [0.05, 0.1) is 0 Å². The van der Waals surface area contributed by atoms with E-state index in [-0.39, 0.29) is 11.7 Å². The average Bonchev–Trinajstić information content (AvgIpc) is 3.28. The first kappa shape index (κ1) is 19.4. The molecule has 2 aliphatic rings. The Morgan fingerprint density at radius 2 is 1.31 bits per heavy atom. The summed E-state index contributed by atoms with van der Waals surface area (Å²) in [6, 6.07) is 8.99. The number of carbonyl (C=O) groups excluding carboxylic acids is 2. The minimum atomic E-state index is 0.00561. The first-order valence-corrected chi connectivity index (χ1v) is 10.3. The van der Waals surface area contributed by atoms with Crippen molar-refractivity contribution in [3.8, 4) is 0 Å². The van der Waals surface area contributed by atoms with Gasteiger partial charge in [-0.2, -0.15) is 0 Å². The lowest BCUT2D eigenvalue weighted by Gasteiger charge is -2.35. The number of rotatable bonds is 4. The summed E-state index contributed by atoms with van der Waals surface area (Å²) in [5.74, 6) is 2.75. The maximum atomic E-state index is 12.8. The fourth-order valence-corrected chi connectivity index (χ4v) is 3.98. The normalized spacial score (nSPS) is 17.0. The number of aromatic nitrogens is 2. The van der Waals surface area contributed by atoms with Crippen LogP contribution in [0.25, 0.3) is 0 Å². The van der Waals surface area contributed by atoms with E-state index in [1.54, 1.807) is 24.3 Å². The number of piperazine rings is 1. The molecule has 152 valence electrons. The van der Waals surface area contributed by atoms with Crippen molar-refractivity contribution >= 4 is 23.3 Å². The summed E-state index contributed by atoms with van der Waals surface area (Å²) in [7, 11) is 0. The molecule has 7 heteroatoms. The van der Waals surface area contributed by atoms with Gasteiger partial charge in [0.15, 0.2) is 5.78 Å².